The monoisotopic (exact) mass is 436 g/mol. The summed E-state index contributed by atoms with van der Waals surface area (Å²) in [6, 6.07) is 13.5. The van der Waals surface area contributed by atoms with Crippen LogP contribution in [0.1, 0.15) is 32.3 Å². The Morgan fingerprint density at radius 3 is 2.41 bits per heavy atom. The van der Waals surface area contributed by atoms with Crippen LogP contribution in [0.2, 0.25) is 10.0 Å². The summed E-state index contributed by atoms with van der Waals surface area (Å²) in [5, 5.41) is 4.02. The van der Waals surface area contributed by atoms with Gasteiger partial charge in [0.25, 0.3) is 5.91 Å². The zero-order valence-corrected chi connectivity index (χ0v) is 18.2. The van der Waals surface area contributed by atoms with Gasteiger partial charge >= 0.3 is 0 Å². The van der Waals surface area contributed by atoms with E-state index in [2.05, 4.69) is 5.32 Å². The number of benzene rings is 2. The summed E-state index contributed by atoms with van der Waals surface area (Å²) in [4.78, 5) is 27.2. The highest BCUT2D eigenvalue weighted by atomic mass is 35.5. The maximum Gasteiger partial charge on any atom is 0.261 e. The first-order chi connectivity index (χ1) is 13.9. The number of hydrogen-bond acceptors (Lipinski definition) is 3. The Bertz CT molecular complexity index is 812. The van der Waals surface area contributed by atoms with Crippen molar-refractivity contribution in [3.05, 3.63) is 64.1 Å². The van der Waals surface area contributed by atoms with Gasteiger partial charge in [-0.05, 0) is 48.7 Å². The molecule has 2 amide bonds. The summed E-state index contributed by atoms with van der Waals surface area (Å²) < 4.78 is 5.61. The van der Waals surface area contributed by atoms with Crippen LogP contribution in [0.25, 0.3) is 0 Å². The number of carbonyl (C=O) groups excluding carboxylic acids is 2. The second-order valence-electron chi connectivity index (χ2n) is 6.61. The van der Waals surface area contributed by atoms with Gasteiger partial charge in [0.2, 0.25) is 5.91 Å². The first kappa shape index (κ1) is 23.0. The molecule has 0 fully saturated rings. The lowest BCUT2D eigenvalue weighted by atomic mass is 10.1. The molecule has 156 valence electrons. The van der Waals surface area contributed by atoms with E-state index in [9.17, 15) is 9.59 Å². The van der Waals surface area contributed by atoms with Gasteiger partial charge in [-0.1, -0.05) is 55.2 Å². The molecule has 29 heavy (non-hydrogen) atoms. The number of ether oxygens (including phenoxy) is 1. The Balaban J connectivity index is 2.17. The molecule has 0 heterocycles. The summed E-state index contributed by atoms with van der Waals surface area (Å²) in [5.41, 5.74) is 0.882. The molecule has 5 nitrogen and oxygen atoms in total. The Labute approximate surface area is 181 Å². The van der Waals surface area contributed by atoms with Gasteiger partial charge in [-0.3, -0.25) is 9.59 Å². The molecular weight excluding hydrogens is 411 g/mol. The van der Waals surface area contributed by atoms with E-state index in [4.69, 9.17) is 27.9 Å². The molecule has 0 aliphatic carbocycles. The molecule has 1 N–H and O–H groups in total. The molecule has 0 aromatic heterocycles. The summed E-state index contributed by atoms with van der Waals surface area (Å²) in [5.74, 6) is 0.0543. The van der Waals surface area contributed by atoms with E-state index in [-0.39, 0.29) is 25.0 Å². The van der Waals surface area contributed by atoms with Crippen molar-refractivity contribution in [2.75, 3.05) is 13.2 Å². The largest absolute Gasteiger partial charge is 0.484 e. The molecule has 0 spiro atoms. The number of rotatable bonds is 10. The summed E-state index contributed by atoms with van der Waals surface area (Å²) in [7, 11) is 0. The van der Waals surface area contributed by atoms with E-state index in [1.807, 2.05) is 26.0 Å². The minimum Gasteiger partial charge on any atom is -0.484 e. The minimum absolute atomic E-state index is 0.167. The van der Waals surface area contributed by atoms with Crippen LogP contribution in [-0.2, 0) is 16.1 Å². The maximum absolute atomic E-state index is 13.0. The molecule has 7 heteroatoms. The number of nitrogens with one attached hydrogen (secondary N) is 1. The molecular formula is C22H26Cl2N2O3. The van der Waals surface area contributed by atoms with Gasteiger partial charge in [-0.25, -0.2) is 0 Å². The maximum atomic E-state index is 13.0. The zero-order valence-electron chi connectivity index (χ0n) is 16.7. The third-order valence-electron chi connectivity index (χ3n) is 4.36. The van der Waals surface area contributed by atoms with E-state index in [1.165, 1.54) is 0 Å². The molecule has 0 saturated carbocycles. The van der Waals surface area contributed by atoms with Crippen molar-refractivity contribution in [1.29, 1.82) is 0 Å². The standard InChI is InChI=1S/C22H26Cl2N2O3/c1-3-12-25-22(28)20(4-2)26(14-16-8-10-17(23)11-9-16)21(27)15-29-19-7-5-6-18(24)13-19/h5-11,13,20H,3-4,12,14-15H2,1-2H3,(H,25,28)/t20-/m0/s1. The number of amides is 2. The van der Waals surface area contributed by atoms with E-state index in [1.54, 1.807) is 41.3 Å². The smallest absolute Gasteiger partial charge is 0.261 e. The third kappa shape index (κ3) is 7.26. The molecule has 2 aromatic rings. The fourth-order valence-electron chi connectivity index (χ4n) is 2.86. The van der Waals surface area contributed by atoms with E-state index in [0.29, 0.717) is 28.8 Å². The third-order valence-corrected chi connectivity index (χ3v) is 4.85. The van der Waals surface area contributed by atoms with Crippen LogP contribution in [0.15, 0.2) is 48.5 Å². The van der Waals surface area contributed by atoms with Crippen molar-refractivity contribution in [3.8, 4) is 5.75 Å². The Morgan fingerprint density at radius 2 is 1.79 bits per heavy atom. The first-order valence-electron chi connectivity index (χ1n) is 9.64. The highest BCUT2D eigenvalue weighted by Crippen LogP contribution is 2.19. The van der Waals surface area contributed by atoms with Gasteiger partial charge in [0.15, 0.2) is 6.61 Å². The quantitative estimate of drug-likeness (QED) is 0.586. The highest BCUT2D eigenvalue weighted by molar-refractivity contribution is 6.30. The van der Waals surface area contributed by atoms with Crippen LogP contribution >= 0.6 is 23.2 Å². The lowest BCUT2D eigenvalue weighted by Crippen LogP contribution is -2.50. The Morgan fingerprint density at radius 1 is 1.07 bits per heavy atom. The Hall–Kier alpha value is -2.24. The van der Waals surface area contributed by atoms with Crippen LogP contribution < -0.4 is 10.1 Å². The normalized spacial score (nSPS) is 11.6. The highest BCUT2D eigenvalue weighted by Gasteiger charge is 2.28. The van der Waals surface area contributed by atoms with Gasteiger partial charge in [-0.2, -0.15) is 0 Å². The molecule has 0 radical (unpaired) electrons. The van der Waals surface area contributed by atoms with E-state index < -0.39 is 6.04 Å². The Kier molecular flexibility index (Phi) is 9.29. The summed E-state index contributed by atoms with van der Waals surface area (Å²) in [6.45, 7) is 4.53. The van der Waals surface area contributed by atoms with Crippen molar-refractivity contribution in [1.82, 2.24) is 10.2 Å². The van der Waals surface area contributed by atoms with Crippen molar-refractivity contribution in [3.63, 3.8) is 0 Å². The minimum atomic E-state index is -0.590. The second kappa shape index (κ2) is 11.7. The summed E-state index contributed by atoms with van der Waals surface area (Å²) >= 11 is 11.9. The molecule has 0 aliphatic rings. The molecule has 2 rings (SSSR count). The van der Waals surface area contributed by atoms with Gasteiger partial charge in [0.1, 0.15) is 11.8 Å². The lowest BCUT2D eigenvalue weighted by Gasteiger charge is -2.30. The molecule has 0 saturated heterocycles. The number of nitrogens with zero attached hydrogens (tertiary/aromatic N) is 1. The van der Waals surface area contributed by atoms with Crippen molar-refractivity contribution in [2.45, 2.75) is 39.3 Å². The van der Waals surface area contributed by atoms with Crippen molar-refractivity contribution < 1.29 is 14.3 Å². The predicted molar refractivity (Wildman–Crippen MR) is 116 cm³/mol. The predicted octanol–water partition coefficient (Wildman–Crippen LogP) is 4.71. The van der Waals surface area contributed by atoms with Crippen LogP contribution in [0.3, 0.4) is 0 Å². The van der Waals surface area contributed by atoms with E-state index >= 15 is 0 Å². The van der Waals surface area contributed by atoms with E-state index in [0.717, 1.165) is 12.0 Å². The second-order valence-corrected chi connectivity index (χ2v) is 7.48. The summed E-state index contributed by atoms with van der Waals surface area (Å²) in [6.07, 6.45) is 1.32. The number of halogens is 2. The average molecular weight is 437 g/mol. The van der Waals surface area contributed by atoms with Gasteiger partial charge in [0.05, 0.1) is 0 Å². The van der Waals surface area contributed by atoms with Gasteiger partial charge < -0.3 is 15.0 Å². The number of carbonyl (C=O) groups is 2. The zero-order chi connectivity index (χ0) is 21.2. The molecule has 0 aliphatic heterocycles. The molecule has 1 atom stereocenters. The SMILES string of the molecule is CCCNC(=O)[C@H](CC)N(Cc1ccc(Cl)cc1)C(=O)COc1cccc(Cl)c1. The van der Waals surface area contributed by atoms with Crippen molar-refractivity contribution in [2.24, 2.45) is 0 Å². The molecule has 0 bridgehead atoms. The number of hydrogen-bond donors (Lipinski definition) is 1. The first-order valence-corrected chi connectivity index (χ1v) is 10.4. The van der Waals surface area contributed by atoms with Crippen molar-refractivity contribution >= 4 is 35.0 Å². The van der Waals surface area contributed by atoms with Crippen LogP contribution in [-0.4, -0.2) is 35.9 Å². The van der Waals surface area contributed by atoms with Crippen LogP contribution in [0.4, 0.5) is 0 Å². The fraction of sp³-hybridized carbons (Fsp3) is 0.364. The van der Waals surface area contributed by atoms with Gasteiger partial charge in [-0.15, -0.1) is 0 Å². The van der Waals surface area contributed by atoms with Crippen LogP contribution in [0.5, 0.6) is 5.75 Å². The van der Waals surface area contributed by atoms with Crippen LogP contribution in [0, 0.1) is 0 Å². The fourth-order valence-corrected chi connectivity index (χ4v) is 3.16. The topological polar surface area (TPSA) is 58.6 Å². The molecule has 0 unspecified atom stereocenters. The average Bonchev–Trinajstić information content (AvgIpc) is 2.71. The molecule has 2 aromatic carbocycles. The lowest BCUT2D eigenvalue weighted by molar-refractivity contribution is -0.143. The van der Waals surface area contributed by atoms with Gasteiger partial charge in [0, 0.05) is 23.1 Å².